The van der Waals surface area contributed by atoms with Gasteiger partial charge in [0.1, 0.15) is 0 Å². The molecule has 0 amide bonds. The van der Waals surface area contributed by atoms with Gasteiger partial charge in [-0.05, 0) is 23.5 Å². The smallest absolute Gasteiger partial charge is 0.358 e. The van der Waals surface area contributed by atoms with Crippen molar-refractivity contribution < 1.29 is 32.7 Å². The van der Waals surface area contributed by atoms with Crippen LogP contribution in [0.2, 0.25) is 0 Å². The molecule has 0 aromatic heterocycles. The van der Waals surface area contributed by atoms with Crippen LogP contribution in [0.4, 0.5) is 0 Å². The summed E-state index contributed by atoms with van der Waals surface area (Å²) in [5, 5.41) is 0. The van der Waals surface area contributed by atoms with E-state index in [1.54, 1.807) is 11.1 Å². The molecule has 0 atom stereocenters. The van der Waals surface area contributed by atoms with E-state index in [1.807, 2.05) is 0 Å². The Morgan fingerprint density at radius 3 is 1.81 bits per heavy atom. The molecule has 0 nitrogen and oxygen atoms in total. The van der Waals surface area contributed by atoms with Crippen LogP contribution in [0, 0.1) is 20.4 Å². The van der Waals surface area contributed by atoms with Crippen molar-refractivity contribution in [2.75, 3.05) is 0 Å². The molecule has 1 aliphatic rings. The van der Waals surface area contributed by atoms with Crippen molar-refractivity contribution in [1.29, 1.82) is 0 Å². The normalized spacial score (nSPS) is 13.1. The summed E-state index contributed by atoms with van der Waals surface area (Å²) >= 11 is 0. The molecule has 1 heteroatoms. The number of hydrogen-bond acceptors (Lipinski definition) is 0. The molecule has 0 radical (unpaired) electrons. The SMILES string of the molecule is CCCCCCCCC1(CCCCCCCC)c2c[c-]ccc2-c2ccc(C)cc21.[CH3-].[Y+3]. The molecule has 3 rings (SSSR count). The van der Waals surface area contributed by atoms with Crippen molar-refractivity contribution in [2.45, 2.75) is 116 Å². The van der Waals surface area contributed by atoms with Gasteiger partial charge >= 0.3 is 32.7 Å². The van der Waals surface area contributed by atoms with E-state index >= 15 is 0 Å². The first kappa shape index (κ1) is 29.6. The minimum atomic E-state index is 0. The summed E-state index contributed by atoms with van der Waals surface area (Å²) in [7, 11) is 0. The summed E-state index contributed by atoms with van der Waals surface area (Å²) in [5.41, 5.74) is 7.75. The molecule has 0 heterocycles. The predicted octanol–water partition coefficient (Wildman–Crippen LogP) is 10.0. The Kier molecular flexibility index (Phi) is 14.3. The second-order valence-electron chi connectivity index (χ2n) is 9.64. The molecule has 0 unspecified atom stereocenters. The fraction of sp³-hybridized carbons (Fsp3) is 0.581. The molecule has 32 heavy (non-hydrogen) atoms. The van der Waals surface area contributed by atoms with Gasteiger partial charge in [-0.1, -0.05) is 128 Å². The number of aryl methyl sites for hydroxylation is 1. The molecular weight excluding hydrogens is 461 g/mol. The van der Waals surface area contributed by atoms with Crippen molar-refractivity contribution in [1.82, 2.24) is 0 Å². The third-order valence-electron chi connectivity index (χ3n) is 7.27. The van der Waals surface area contributed by atoms with Gasteiger partial charge in [-0.3, -0.25) is 0 Å². The summed E-state index contributed by atoms with van der Waals surface area (Å²) in [6.45, 7) is 6.87. The van der Waals surface area contributed by atoms with Gasteiger partial charge in [0.25, 0.3) is 0 Å². The zero-order chi connectivity index (χ0) is 21.2. The monoisotopic (exact) mass is 507 g/mol. The number of rotatable bonds is 14. The van der Waals surface area contributed by atoms with Crippen molar-refractivity contribution in [3.63, 3.8) is 0 Å². The van der Waals surface area contributed by atoms with E-state index in [2.05, 4.69) is 63.2 Å². The van der Waals surface area contributed by atoms with E-state index < -0.39 is 0 Å². The summed E-state index contributed by atoms with van der Waals surface area (Å²) in [6.07, 6.45) is 19.1. The Bertz CT molecular complexity index is 760. The van der Waals surface area contributed by atoms with Gasteiger partial charge < -0.3 is 7.43 Å². The van der Waals surface area contributed by atoms with Crippen LogP contribution in [0.1, 0.15) is 120 Å². The van der Waals surface area contributed by atoms with Crippen LogP contribution in [0.5, 0.6) is 0 Å². The quantitative estimate of drug-likeness (QED) is 0.176. The minimum absolute atomic E-state index is 0. The van der Waals surface area contributed by atoms with Gasteiger partial charge in [0.05, 0.1) is 0 Å². The molecule has 0 saturated heterocycles. The average molecular weight is 508 g/mol. The number of benzene rings is 2. The van der Waals surface area contributed by atoms with Crippen molar-refractivity contribution in [2.24, 2.45) is 0 Å². The third-order valence-corrected chi connectivity index (χ3v) is 7.27. The van der Waals surface area contributed by atoms with Crippen LogP contribution >= 0.6 is 0 Å². The van der Waals surface area contributed by atoms with Crippen LogP contribution in [-0.2, 0) is 38.1 Å². The Hall–Kier alpha value is -0.456. The topological polar surface area (TPSA) is 0 Å². The fourth-order valence-electron chi connectivity index (χ4n) is 5.57. The van der Waals surface area contributed by atoms with E-state index in [0.29, 0.717) is 0 Å². The van der Waals surface area contributed by atoms with Crippen molar-refractivity contribution >= 4 is 0 Å². The summed E-state index contributed by atoms with van der Waals surface area (Å²) in [5.74, 6) is 0. The van der Waals surface area contributed by atoms with E-state index in [4.69, 9.17) is 0 Å². The number of unbranched alkanes of at least 4 members (excludes halogenated alkanes) is 10. The van der Waals surface area contributed by atoms with Gasteiger partial charge in [0, 0.05) is 0 Å². The van der Waals surface area contributed by atoms with Gasteiger partial charge in [-0.15, -0.1) is 11.1 Å². The zero-order valence-electron chi connectivity index (χ0n) is 21.4. The first-order valence-electron chi connectivity index (χ1n) is 12.8. The first-order valence-corrected chi connectivity index (χ1v) is 12.8. The molecule has 0 N–H and O–H groups in total. The molecule has 0 bridgehead atoms. The number of fused-ring (bicyclic) bond motifs is 3. The molecule has 0 spiro atoms. The van der Waals surface area contributed by atoms with Gasteiger partial charge in [0.2, 0.25) is 0 Å². The van der Waals surface area contributed by atoms with Crippen LogP contribution < -0.4 is 0 Å². The summed E-state index contributed by atoms with van der Waals surface area (Å²) in [4.78, 5) is 0. The van der Waals surface area contributed by atoms with E-state index in [1.165, 1.54) is 107 Å². The van der Waals surface area contributed by atoms with Crippen LogP contribution in [0.3, 0.4) is 0 Å². The van der Waals surface area contributed by atoms with Crippen LogP contribution in [0.25, 0.3) is 11.1 Å². The van der Waals surface area contributed by atoms with Crippen molar-refractivity contribution in [3.05, 3.63) is 66.6 Å². The zero-order valence-corrected chi connectivity index (χ0v) is 24.3. The number of hydrogen-bond donors (Lipinski definition) is 0. The molecule has 0 saturated carbocycles. The molecule has 172 valence electrons. The maximum Gasteiger partial charge on any atom is 3.00 e. The van der Waals surface area contributed by atoms with Gasteiger partial charge in [0.15, 0.2) is 0 Å². The fourth-order valence-corrected chi connectivity index (χ4v) is 5.57. The Morgan fingerprint density at radius 2 is 1.22 bits per heavy atom. The molecule has 1 aliphatic carbocycles. The summed E-state index contributed by atoms with van der Waals surface area (Å²) < 4.78 is 0. The summed E-state index contributed by atoms with van der Waals surface area (Å²) in [6, 6.07) is 17.4. The van der Waals surface area contributed by atoms with Crippen molar-refractivity contribution in [3.8, 4) is 11.1 Å². The Balaban J connectivity index is 0.00000256. The Labute approximate surface area is 225 Å². The molecular formula is C31H46Y+. The van der Waals surface area contributed by atoms with E-state index in [0.717, 1.165) is 0 Å². The minimum Gasteiger partial charge on any atom is -0.358 e. The van der Waals surface area contributed by atoms with E-state index in [9.17, 15) is 0 Å². The largest absolute Gasteiger partial charge is 3.00 e. The second-order valence-corrected chi connectivity index (χ2v) is 9.64. The standard InChI is InChI=1S/C30H43.CH3.Y/c1-4-6-8-10-12-16-22-30(23-17-13-11-9-7-5-2)28-19-15-14-18-26(28)27-21-20-25(3)24-29(27)30;;/h14,18-21,24H,4-13,16-17,22-23H2,1-3H3;1H3;/q2*-1;+3. The molecule has 0 aliphatic heterocycles. The predicted molar refractivity (Wildman–Crippen MR) is 139 cm³/mol. The second kappa shape index (κ2) is 15.4. The Morgan fingerprint density at radius 1 is 0.688 bits per heavy atom. The average Bonchev–Trinajstić information content (AvgIpc) is 3.03. The van der Waals surface area contributed by atoms with Gasteiger partial charge in [-0.2, -0.15) is 24.3 Å². The third kappa shape index (κ3) is 7.27. The molecule has 2 aromatic rings. The van der Waals surface area contributed by atoms with E-state index in [-0.39, 0.29) is 45.6 Å². The van der Waals surface area contributed by atoms with Crippen LogP contribution in [-0.4, -0.2) is 0 Å². The molecule has 2 aromatic carbocycles. The van der Waals surface area contributed by atoms with Gasteiger partial charge in [-0.25, -0.2) is 0 Å². The maximum absolute atomic E-state index is 3.43. The maximum atomic E-state index is 3.43. The van der Waals surface area contributed by atoms with Crippen LogP contribution in [0.15, 0.2) is 36.4 Å². The first-order chi connectivity index (χ1) is 14.7. The molecule has 0 fully saturated rings.